The minimum absolute atomic E-state index is 0.171. The molecule has 0 aliphatic carbocycles. The Kier molecular flexibility index (Phi) is 3.39. The standard InChI is InChI=1S/C11H12ClN5/c1-7-2-3-14-4-8(7)5-15-10-9(13)6-16-11(12)17-10/h2-4,6H,5,13H2,1H3,(H,15,16,17). The maximum Gasteiger partial charge on any atom is 0.224 e. The van der Waals surface area contributed by atoms with E-state index >= 15 is 0 Å². The van der Waals surface area contributed by atoms with Crippen LogP contribution in [0.5, 0.6) is 0 Å². The lowest BCUT2D eigenvalue weighted by Crippen LogP contribution is -2.06. The molecule has 0 saturated carbocycles. The lowest BCUT2D eigenvalue weighted by molar-refractivity contribution is 1.05. The number of nitrogens with zero attached hydrogens (tertiary/aromatic N) is 3. The Hall–Kier alpha value is -1.88. The Balaban J connectivity index is 2.12. The van der Waals surface area contributed by atoms with Crippen LogP contribution in [0.25, 0.3) is 0 Å². The SMILES string of the molecule is Cc1ccncc1CNc1nc(Cl)ncc1N. The third-order valence-corrected chi connectivity index (χ3v) is 2.56. The first kappa shape index (κ1) is 11.6. The van der Waals surface area contributed by atoms with E-state index in [1.165, 1.54) is 6.20 Å². The average Bonchev–Trinajstić information content (AvgIpc) is 2.32. The van der Waals surface area contributed by atoms with Crippen molar-refractivity contribution in [3.05, 3.63) is 41.1 Å². The highest BCUT2D eigenvalue weighted by atomic mass is 35.5. The molecule has 0 atom stereocenters. The molecule has 0 bridgehead atoms. The van der Waals surface area contributed by atoms with Gasteiger partial charge in [-0.05, 0) is 35.7 Å². The van der Waals surface area contributed by atoms with E-state index in [-0.39, 0.29) is 5.28 Å². The molecule has 2 rings (SSSR count). The highest BCUT2D eigenvalue weighted by Crippen LogP contribution is 2.17. The number of nitrogens with two attached hydrogens (primary N) is 1. The molecule has 0 unspecified atom stereocenters. The highest BCUT2D eigenvalue weighted by molar-refractivity contribution is 6.28. The second-order valence-electron chi connectivity index (χ2n) is 3.60. The minimum Gasteiger partial charge on any atom is -0.394 e. The molecule has 2 aromatic rings. The normalized spacial score (nSPS) is 10.2. The van der Waals surface area contributed by atoms with Crippen LogP contribution in [0.2, 0.25) is 5.28 Å². The smallest absolute Gasteiger partial charge is 0.224 e. The lowest BCUT2D eigenvalue weighted by Gasteiger charge is -2.09. The molecule has 88 valence electrons. The number of aromatic nitrogens is 3. The molecule has 2 aromatic heterocycles. The molecule has 2 heterocycles. The molecule has 0 radical (unpaired) electrons. The summed E-state index contributed by atoms with van der Waals surface area (Å²) in [7, 11) is 0. The van der Waals surface area contributed by atoms with Gasteiger partial charge >= 0.3 is 0 Å². The fraction of sp³-hybridized carbons (Fsp3) is 0.182. The zero-order valence-corrected chi connectivity index (χ0v) is 10.1. The molecule has 0 amide bonds. The zero-order chi connectivity index (χ0) is 12.3. The van der Waals surface area contributed by atoms with E-state index in [9.17, 15) is 0 Å². The van der Waals surface area contributed by atoms with Gasteiger partial charge in [-0.25, -0.2) is 4.98 Å². The first-order valence-corrected chi connectivity index (χ1v) is 5.46. The second kappa shape index (κ2) is 4.97. The van der Waals surface area contributed by atoms with E-state index < -0.39 is 0 Å². The summed E-state index contributed by atoms with van der Waals surface area (Å²) in [4.78, 5) is 11.9. The van der Waals surface area contributed by atoms with Gasteiger partial charge in [0.15, 0.2) is 5.82 Å². The third-order valence-electron chi connectivity index (χ3n) is 2.38. The molecule has 0 aliphatic rings. The van der Waals surface area contributed by atoms with Gasteiger partial charge in [-0.3, -0.25) is 4.98 Å². The number of hydrogen-bond donors (Lipinski definition) is 2. The average molecular weight is 250 g/mol. The van der Waals surface area contributed by atoms with Crippen molar-refractivity contribution in [1.82, 2.24) is 15.0 Å². The van der Waals surface area contributed by atoms with E-state index in [1.807, 2.05) is 13.0 Å². The van der Waals surface area contributed by atoms with Crippen molar-refractivity contribution in [2.45, 2.75) is 13.5 Å². The van der Waals surface area contributed by atoms with Gasteiger partial charge in [0, 0.05) is 18.9 Å². The molecule has 17 heavy (non-hydrogen) atoms. The number of halogens is 1. The van der Waals surface area contributed by atoms with Gasteiger partial charge in [-0.15, -0.1) is 0 Å². The topological polar surface area (TPSA) is 76.7 Å². The van der Waals surface area contributed by atoms with Gasteiger partial charge in [-0.1, -0.05) is 0 Å². The van der Waals surface area contributed by atoms with Crippen LogP contribution >= 0.6 is 11.6 Å². The van der Waals surface area contributed by atoms with Crippen molar-refractivity contribution < 1.29 is 0 Å². The summed E-state index contributed by atoms with van der Waals surface area (Å²) in [5.41, 5.74) is 8.44. The fourth-order valence-corrected chi connectivity index (χ4v) is 1.51. The molecule has 0 aliphatic heterocycles. The summed E-state index contributed by atoms with van der Waals surface area (Å²) < 4.78 is 0. The number of anilines is 2. The van der Waals surface area contributed by atoms with Crippen molar-refractivity contribution in [3.8, 4) is 0 Å². The zero-order valence-electron chi connectivity index (χ0n) is 9.31. The monoisotopic (exact) mass is 249 g/mol. The fourth-order valence-electron chi connectivity index (χ4n) is 1.37. The Bertz CT molecular complexity index is 529. The Morgan fingerprint density at radius 3 is 3.00 bits per heavy atom. The predicted molar refractivity (Wildman–Crippen MR) is 67.8 cm³/mol. The Morgan fingerprint density at radius 2 is 2.24 bits per heavy atom. The van der Waals surface area contributed by atoms with Crippen molar-refractivity contribution in [1.29, 1.82) is 0 Å². The molecule has 3 N–H and O–H groups in total. The molecular weight excluding hydrogens is 238 g/mol. The molecule has 5 nitrogen and oxygen atoms in total. The van der Waals surface area contributed by atoms with Crippen LogP contribution < -0.4 is 11.1 Å². The van der Waals surface area contributed by atoms with Gasteiger partial charge in [0.05, 0.1) is 11.9 Å². The van der Waals surface area contributed by atoms with E-state index in [0.29, 0.717) is 18.1 Å². The van der Waals surface area contributed by atoms with Crippen molar-refractivity contribution >= 4 is 23.1 Å². The highest BCUT2D eigenvalue weighted by Gasteiger charge is 2.04. The lowest BCUT2D eigenvalue weighted by atomic mass is 10.1. The van der Waals surface area contributed by atoms with Crippen LogP contribution in [-0.4, -0.2) is 15.0 Å². The van der Waals surface area contributed by atoms with Crippen molar-refractivity contribution in [2.24, 2.45) is 0 Å². The van der Waals surface area contributed by atoms with E-state index in [4.69, 9.17) is 17.3 Å². The van der Waals surface area contributed by atoms with Crippen molar-refractivity contribution in [3.63, 3.8) is 0 Å². The number of nitrogens with one attached hydrogen (secondary N) is 1. The maximum atomic E-state index is 5.73. The van der Waals surface area contributed by atoms with Gasteiger partial charge in [0.25, 0.3) is 0 Å². The first-order chi connectivity index (χ1) is 8.16. The Morgan fingerprint density at radius 1 is 1.41 bits per heavy atom. The summed E-state index contributed by atoms with van der Waals surface area (Å²) in [6.45, 7) is 2.62. The molecule has 0 aromatic carbocycles. The molecule has 0 saturated heterocycles. The van der Waals surface area contributed by atoms with Gasteiger partial charge < -0.3 is 11.1 Å². The van der Waals surface area contributed by atoms with Crippen LogP contribution in [0.3, 0.4) is 0 Å². The maximum absolute atomic E-state index is 5.73. The molecule has 0 fully saturated rings. The van der Waals surface area contributed by atoms with Gasteiger partial charge in [-0.2, -0.15) is 4.98 Å². The minimum atomic E-state index is 0.171. The van der Waals surface area contributed by atoms with Crippen molar-refractivity contribution in [2.75, 3.05) is 11.1 Å². The number of rotatable bonds is 3. The number of aryl methyl sites for hydroxylation is 1. The van der Waals surface area contributed by atoms with Crippen LogP contribution in [0.15, 0.2) is 24.7 Å². The van der Waals surface area contributed by atoms with Crippen LogP contribution in [0.4, 0.5) is 11.5 Å². The van der Waals surface area contributed by atoms with E-state index in [2.05, 4.69) is 20.3 Å². The molecule has 0 spiro atoms. The van der Waals surface area contributed by atoms with E-state index in [1.54, 1.807) is 12.4 Å². The molecule has 6 heteroatoms. The number of hydrogen-bond acceptors (Lipinski definition) is 5. The largest absolute Gasteiger partial charge is 0.394 e. The quantitative estimate of drug-likeness (QED) is 0.814. The number of pyridine rings is 1. The van der Waals surface area contributed by atoms with E-state index in [0.717, 1.165) is 11.1 Å². The summed E-state index contributed by atoms with van der Waals surface area (Å²) in [6.07, 6.45) is 5.05. The summed E-state index contributed by atoms with van der Waals surface area (Å²) in [5.74, 6) is 0.535. The van der Waals surface area contributed by atoms with Gasteiger partial charge in [0.2, 0.25) is 5.28 Å². The summed E-state index contributed by atoms with van der Waals surface area (Å²) in [5, 5.41) is 3.28. The van der Waals surface area contributed by atoms with Gasteiger partial charge in [0.1, 0.15) is 0 Å². The predicted octanol–water partition coefficient (Wildman–Crippen LogP) is 2.03. The number of nitrogen functional groups attached to an aromatic ring is 1. The Labute approximate surface area is 104 Å². The van der Waals surface area contributed by atoms with Crippen LogP contribution in [0.1, 0.15) is 11.1 Å². The summed E-state index contributed by atoms with van der Waals surface area (Å²) >= 11 is 5.70. The third kappa shape index (κ3) is 2.82. The summed E-state index contributed by atoms with van der Waals surface area (Å²) in [6, 6.07) is 1.95. The second-order valence-corrected chi connectivity index (χ2v) is 3.94. The first-order valence-electron chi connectivity index (χ1n) is 5.08. The van der Waals surface area contributed by atoms with Crippen LogP contribution in [-0.2, 0) is 6.54 Å². The van der Waals surface area contributed by atoms with Crippen LogP contribution in [0, 0.1) is 6.92 Å². The molecular formula is C11H12ClN5.